The molecule has 0 saturated heterocycles. The van der Waals surface area contributed by atoms with E-state index in [9.17, 15) is 0 Å². The highest BCUT2D eigenvalue weighted by Gasteiger charge is 2.03. The summed E-state index contributed by atoms with van der Waals surface area (Å²) in [7, 11) is 0. The van der Waals surface area contributed by atoms with E-state index in [0.717, 1.165) is 0 Å². The first-order valence-corrected chi connectivity index (χ1v) is 4.68. The van der Waals surface area contributed by atoms with Gasteiger partial charge in [-0.1, -0.05) is 18.1 Å². The van der Waals surface area contributed by atoms with Crippen molar-refractivity contribution in [1.29, 1.82) is 0 Å². The van der Waals surface area contributed by atoms with Crippen molar-refractivity contribution >= 4 is 37.7 Å². The summed E-state index contributed by atoms with van der Waals surface area (Å²) in [6, 6.07) is -1.15. The molecule has 0 amide bonds. The number of hydrogen-bond donors (Lipinski definition) is 1. The van der Waals surface area contributed by atoms with Crippen LogP contribution < -0.4 is 0 Å². The van der Waals surface area contributed by atoms with Crippen LogP contribution in [0.3, 0.4) is 0 Å². The molecule has 0 unspecified atom stereocenters. The summed E-state index contributed by atoms with van der Waals surface area (Å²) in [6.07, 6.45) is -0.115. The second-order valence-electron chi connectivity index (χ2n) is 2.76. The van der Waals surface area contributed by atoms with Gasteiger partial charge in [0.25, 0.3) is 0 Å². The van der Waals surface area contributed by atoms with E-state index in [-0.39, 0.29) is 62.8 Å². The smallest absolute Gasteiger partial charge is 0.106 e. The molecular weight excluding hydrogens is 240 g/mol. The normalized spacial score (nSPS) is 17.2. The molecule has 1 aromatic carbocycles. The number of H-pyrrole nitrogens is 1. The predicted octanol–water partition coefficient (Wildman–Crippen LogP) is 3.48. The molecule has 0 atom stereocenters. The molecule has 3 heteroatoms. The third kappa shape index (κ3) is 1.06. The molecule has 0 radical (unpaired) electrons. The van der Waals surface area contributed by atoms with Gasteiger partial charge in [-0.05, 0) is 28.0 Å². The van der Waals surface area contributed by atoms with Crippen LogP contribution in [-0.2, 0) is 0 Å². The Labute approximate surface area is 97.5 Å². The predicted molar refractivity (Wildman–Crippen MR) is 61.3 cm³/mol. The van der Waals surface area contributed by atoms with E-state index in [1.807, 2.05) is 0 Å². The van der Waals surface area contributed by atoms with Crippen LogP contribution in [0.1, 0.15) is 8.22 Å². The molecule has 1 N–H and O–H groups in total. The monoisotopic (exact) mass is 252 g/mol. The Morgan fingerprint density at radius 1 is 1.21 bits per heavy atom. The van der Waals surface area contributed by atoms with E-state index in [1.165, 1.54) is 0 Å². The Balaban J connectivity index is 2.72. The number of hydrogen-bond acceptors (Lipinski definition) is 1. The summed E-state index contributed by atoms with van der Waals surface area (Å²) in [6.45, 7) is 0. The minimum Gasteiger partial charge on any atom is -0.353 e. The van der Waals surface area contributed by atoms with Crippen molar-refractivity contribution in [2.75, 3.05) is 0 Å². The zero-order chi connectivity index (χ0) is 14.8. The summed E-state index contributed by atoms with van der Waals surface area (Å²) in [5.74, 6) is 0. The van der Waals surface area contributed by atoms with Gasteiger partial charge < -0.3 is 4.98 Å². The zero-order valence-electron chi connectivity index (χ0n) is 12.8. The van der Waals surface area contributed by atoms with Gasteiger partial charge in [0.05, 0.1) is 19.9 Å². The zero-order valence-corrected chi connectivity index (χ0v) is 8.41. The van der Waals surface area contributed by atoms with Crippen LogP contribution in [0.4, 0.5) is 0 Å². The fraction of sp³-hybridized carbons (Fsp3) is 0. The van der Waals surface area contributed by atoms with Crippen LogP contribution in [0.15, 0.2) is 41.0 Å². The SMILES string of the molecule is [2H]c1c([2H])c([2H])c2c([nH]c3c([2H])nc(Br)c([2H])c32)c1[2H]. The molecule has 0 aliphatic rings. The second kappa shape index (κ2) is 2.82. The lowest BCUT2D eigenvalue weighted by molar-refractivity contribution is 1.30. The molecule has 2 nitrogen and oxygen atoms in total. The molecule has 3 rings (SSSR count). The summed E-state index contributed by atoms with van der Waals surface area (Å²) < 4.78 is 47.2. The molecule has 0 aliphatic carbocycles. The summed E-state index contributed by atoms with van der Waals surface area (Å²) in [5.41, 5.74) is 0.424. The van der Waals surface area contributed by atoms with Crippen LogP contribution in [0.2, 0.25) is 0 Å². The summed E-state index contributed by atoms with van der Waals surface area (Å²) in [4.78, 5) is 6.64. The fourth-order valence-corrected chi connectivity index (χ4v) is 1.64. The summed E-state index contributed by atoms with van der Waals surface area (Å²) in [5, 5.41) is 0.492. The first-order chi connectivity index (χ1) is 9.34. The van der Waals surface area contributed by atoms with Crippen LogP contribution in [-0.4, -0.2) is 9.97 Å². The topological polar surface area (TPSA) is 28.7 Å². The minimum atomic E-state index is -0.359. The molecular formula is C11H7BrN2. The van der Waals surface area contributed by atoms with E-state index >= 15 is 0 Å². The number of pyridine rings is 1. The number of halogens is 1. The molecule has 3 aromatic rings. The maximum Gasteiger partial charge on any atom is 0.106 e. The first kappa shape index (κ1) is 4.03. The van der Waals surface area contributed by atoms with E-state index in [1.54, 1.807) is 0 Å². The van der Waals surface area contributed by atoms with Crippen molar-refractivity contribution < 1.29 is 8.22 Å². The van der Waals surface area contributed by atoms with Gasteiger partial charge in [-0.25, -0.2) is 4.98 Å². The Morgan fingerprint density at radius 3 is 3.00 bits per heavy atom. The van der Waals surface area contributed by atoms with Crippen LogP contribution >= 0.6 is 15.9 Å². The standard InChI is InChI=1S/C11H7BrN2/c12-11-5-8-7-3-1-2-4-9(7)14-10(8)6-13-11/h1-6,14H/i1D,2D,3D,4D,5D,6D. The van der Waals surface area contributed by atoms with Crippen molar-refractivity contribution in [2.45, 2.75) is 0 Å². The Kier molecular flexibility index (Phi) is 0.811. The van der Waals surface area contributed by atoms with E-state index in [2.05, 4.69) is 25.9 Å². The van der Waals surface area contributed by atoms with E-state index < -0.39 is 0 Å². The molecule has 14 heavy (non-hydrogen) atoms. The minimum absolute atomic E-state index is 0.00715. The average molecular weight is 253 g/mol. The molecule has 0 saturated carbocycles. The third-order valence-electron chi connectivity index (χ3n) is 1.93. The lowest BCUT2D eigenvalue weighted by atomic mass is 10.2. The van der Waals surface area contributed by atoms with Gasteiger partial charge in [-0.2, -0.15) is 0 Å². The van der Waals surface area contributed by atoms with Crippen LogP contribution in [0, 0.1) is 0 Å². The van der Waals surface area contributed by atoms with E-state index in [4.69, 9.17) is 8.22 Å². The highest BCUT2D eigenvalue weighted by atomic mass is 79.9. The van der Waals surface area contributed by atoms with Crippen LogP contribution in [0.25, 0.3) is 21.8 Å². The highest BCUT2D eigenvalue weighted by Crippen LogP contribution is 2.26. The van der Waals surface area contributed by atoms with Gasteiger partial charge in [0.1, 0.15) is 4.60 Å². The maximum absolute atomic E-state index is 8.01. The van der Waals surface area contributed by atoms with Crippen molar-refractivity contribution in [3.05, 3.63) is 41.0 Å². The number of aromatic amines is 1. The van der Waals surface area contributed by atoms with Gasteiger partial charge in [0, 0.05) is 16.3 Å². The van der Waals surface area contributed by atoms with Crippen LogP contribution in [0.5, 0.6) is 0 Å². The molecule has 0 bridgehead atoms. The molecule has 2 heterocycles. The highest BCUT2D eigenvalue weighted by molar-refractivity contribution is 9.10. The van der Waals surface area contributed by atoms with Crippen molar-refractivity contribution in [2.24, 2.45) is 0 Å². The first-order valence-electron chi connectivity index (χ1n) is 6.89. The number of nitrogens with one attached hydrogen (secondary N) is 1. The molecule has 0 spiro atoms. The second-order valence-corrected chi connectivity index (χ2v) is 3.52. The van der Waals surface area contributed by atoms with Gasteiger partial charge >= 0.3 is 0 Å². The van der Waals surface area contributed by atoms with Crippen molar-refractivity contribution in [3.63, 3.8) is 0 Å². The molecule has 0 fully saturated rings. The van der Waals surface area contributed by atoms with Crippen molar-refractivity contribution in [3.8, 4) is 0 Å². The van der Waals surface area contributed by atoms with E-state index in [0.29, 0.717) is 0 Å². The lowest BCUT2D eigenvalue weighted by Crippen LogP contribution is -1.73. The van der Waals surface area contributed by atoms with Gasteiger partial charge in [-0.15, -0.1) is 0 Å². The number of fused-ring (bicyclic) bond motifs is 3. The molecule has 2 aromatic heterocycles. The average Bonchev–Trinajstić information content (AvgIpc) is 2.81. The number of rotatable bonds is 0. The number of benzene rings is 1. The number of nitrogens with zero attached hydrogens (tertiary/aromatic N) is 1. The molecule has 68 valence electrons. The number of aromatic nitrogens is 2. The Morgan fingerprint density at radius 2 is 2.07 bits per heavy atom. The number of para-hydroxylation sites is 1. The Hall–Kier alpha value is -1.35. The fourth-order valence-electron chi connectivity index (χ4n) is 1.35. The third-order valence-corrected chi connectivity index (χ3v) is 2.31. The lowest BCUT2D eigenvalue weighted by Gasteiger charge is -1.90. The van der Waals surface area contributed by atoms with Gasteiger partial charge in [-0.3, -0.25) is 0 Å². The maximum atomic E-state index is 8.01. The summed E-state index contributed by atoms with van der Waals surface area (Å²) >= 11 is 3.09. The van der Waals surface area contributed by atoms with Gasteiger partial charge in [0.2, 0.25) is 0 Å². The largest absolute Gasteiger partial charge is 0.353 e. The van der Waals surface area contributed by atoms with Gasteiger partial charge in [0.15, 0.2) is 0 Å². The molecule has 0 aliphatic heterocycles. The van der Waals surface area contributed by atoms with Crippen molar-refractivity contribution in [1.82, 2.24) is 9.97 Å². The Bertz CT molecular complexity index is 888. The quantitative estimate of drug-likeness (QED) is 0.610.